The Kier molecular flexibility index (Phi) is 12.2. The molecule has 0 amide bonds. The second kappa shape index (κ2) is 12.1. The van der Waals surface area contributed by atoms with E-state index in [2.05, 4.69) is 11.6 Å². The average Bonchev–Trinajstić information content (AvgIpc) is 2.20. The van der Waals surface area contributed by atoms with Crippen LogP contribution in [0.4, 0.5) is 0 Å². The summed E-state index contributed by atoms with van der Waals surface area (Å²) in [6.45, 7) is 2.89. The molecule has 0 radical (unpaired) electrons. The number of rotatable bonds is 11. The van der Waals surface area contributed by atoms with Gasteiger partial charge in [-0.3, -0.25) is 4.55 Å². The summed E-state index contributed by atoms with van der Waals surface area (Å²) in [6.07, 6.45) is 11.5. The maximum atomic E-state index is 10.2. The molecule has 0 aromatic carbocycles. The van der Waals surface area contributed by atoms with Gasteiger partial charge in [0.15, 0.2) is 0 Å². The predicted octanol–water partition coefficient (Wildman–Crippen LogP) is 3.24. The van der Waals surface area contributed by atoms with Gasteiger partial charge in [0.2, 0.25) is 11.3 Å². The summed E-state index contributed by atoms with van der Waals surface area (Å²) in [7, 11) is 0. The Labute approximate surface area is 96.5 Å². The van der Waals surface area contributed by atoms with Crippen molar-refractivity contribution >= 4 is 11.3 Å². The molecule has 0 spiro atoms. The minimum Gasteiger partial charge on any atom is -0.294 e. The third-order valence-electron chi connectivity index (χ3n) is 2.51. The van der Waals surface area contributed by atoms with Crippen LogP contribution in [0.1, 0.15) is 64.7 Å². The van der Waals surface area contributed by atoms with Crippen LogP contribution in [0.3, 0.4) is 0 Å². The van der Waals surface area contributed by atoms with E-state index in [-0.39, 0.29) is 0 Å². The van der Waals surface area contributed by atoms with Crippen molar-refractivity contribution < 1.29 is 8.76 Å². The van der Waals surface area contributed by atoms with Gasteiger partial charge in [-0.25, -0.2) is 8.93 Å². The van der Waals surface area contributed by atoms with E-state index in [4.69, 9.17) is 4.55 Å². The Morgan fingerprint density at radius 3 is 1.87 bits per heavy atom. The summed E-state index contributed by atoms with van der Waals surface area (Å²) >= 11 is -1.83. The summed E-state index contributed by atoms with van der Waals surface area (Å²) < 4.78 is 21.2. The molecule has 2 N–H and O–H groups in total. The van der Waals surface area contributed by atoms with E-state index in [1.807, 2.05) is 0 Å². The van der Waals surface area contributed by atoms with E-state index < -0.39 is 11.3 Å². The molecule has 0 heterocycles. The second-order valence-corrected chi connectivity index (χ2v) is 4.76. The van der Waals surface area contributed by atoms with Crippen LogP contribution in [-0.2, 0) is 11.3 Å². The maximum Gasteiger partial charge on any atom is 0.231 e. The van der Waals surface area contributed by atoms with Gasteiger partial charge < -0.3 is 0 Å². The first kappa shape index (κ1) is 15.1. The molecule has 0 saturated carbocycles. The van der Waals surface area contributed by atoms with Crippen LogP contribution in [0.15, 0.2) is 0 Å². The topological polar surface area (TPSA) is 49.3 Å². The summed E-state index contributed by atoms with van der Waals surface area (Å²) in [5, 5.41) is 0. The van der Waals surface area contributed by atoms with Gasteiger partial charge in [0.25, 0.3) is 0 Å². The fourth-order valence-corrected chi connectivity index (χ4v) is 1.91. The van der Waals surface area contributed by atoms with E-state index >= 15 is 0 Å². The molecule has 1 unspecified atom stereocenters. The lowest BCUT2D eigenvalue weighted by molar-refractivity contribution is 0.537. The number of unbranched alkanes of at least 4 members (excludes halogenated alkanes) is 8. The van der Waals surface area contributed by atoms with Crippen molar-refractivity contribution in [1.29, 1.82) is 0 Å². The lowest BCUT2D eigenvalue weighted by Gasteiger charge is -2.01. The van der Waals surface area contributed by atoms with Crippen LogP contribution in [0.25, 0.3) is 0 Å². The molecule has 0 fully saturated rings. The zero-order valence-electron chi connectivity index (χ0n) is 9.83. The van der Waals surface area contributed by atoms with Crippen LogP contribution < -0.4 is 4.72 Å². The van der Waals surface area contributed by atoms with Crippen molar-refractivity contribution in [3.05, 3.63) is 0 Å². The molecule has 0 aromatic rings. The summed E-state index contributed by atoms with van der Waals surface area (Å²) in [6, 6.07) is 0. The van der Waals surface area contributed by atoms with Crippen molar-refractivity contribution in [2.24, 2.45) is 0 Å². The second-order valence-electron chi connectivity index (χ2n) is 3.97. The standard InChI is InChI=1S/C11H25NO2S/c1-2-3-4-5-6-7-8-9-10-11-12-15(13)14/h12H,2-11H2,1H3,(H,13,14). The normalized spacial score (nSPS) is 12.9. The number of nitrogens with one attached hydrogen (secondary N) is 1. The van der Waals surface area contributed by atoms with Gasteiger partial charge in [-0.05, 0) is 6.42 Å². The SMILES string of the molecule is CCCCCCCCCCCNS(=O)O. The van der Waals surface area contributed by atoms with Crippen molar-refractivity contribution in [3.8, 4) is 0 Å². The fourth-order valence-electron chi connectivity index (χ4n) is 1.60. The van der Waals surface area contributed by atoms with Gasteiger partial charge in [0, 0.05) is 6.54 Å². The van der Waals surface area contributed by atoms with Gasteiger partial charge in [0.05, 0.1) is 0 Å². The highest BCUT2D eigenvalue weighted by Crippen LogP contribution is 2.09. The van der Waals surface area contributed by atoms with Gasteiger partial charge in [-0.2, -0.15) is 0 Å². The third-order valence-corrected chi connectivity index (χ3v) is 2.96. The van der Waals surface area contributed by atoms with E-state index in [0.717, 1.165) is 12.8 Å². The lowest BCUT2D eigenvalue weighted by atomic mass is 10.1. The quantitative estimate of drug-likeness (QED) is 0.426. The Bertz CT molecular complexity index is 154. The molecule has 0 aromatic heterocycles. The summed E-state index contributed by atoms with van der Waals surface area (Å²) in [5.74, 6) is 0. The summed E-state index contributed by atoms with van der Waals surface area (Å²) in [4.78, 5) is 0. The van der Waals surface area contributed by atoms with Crippen molar-refractivity contribution in [3.63, 3.8) is 0 Å². The molecule has 0 aliphatic rings. The van der Waals surface area contributed by atoms with Crippen molar-refractivity contribution in [2.75, 3.05) is 6.54 Å². The van der Waals surface area contributed by atoms with Crippen LogP contribution in [0.2, 0.25) is 0 Å². The maximum absolute atomic E-state index is 10.2. The third kappa shape index (κ3) is 14.1. The van der Waals surface area contributed by atoms with Crippen molar-refractivity contribution in [1.82, 2.24) is 4.72 Å². The van der Waals surface area contributed by atoms with E-state index in [9.17, 15) is 4.21 Å². The van der Waals surface area contributed by atoms with Crippen molar-refractivity contribution in [2.45, 2.75) is 64.7 Å². The van der Waals surface area contributed by atoms with E-state index in [1.54, 1.807) is 0 Å². The lowest BCUT2D eigenvalue weighted by Crippen LogP contribution is -2.17. The molecule has 92 valence electrons. The first-order valence-corrected chi connectivity index (χ1v) is 7.22. The van der Waals surface area contributed by atoms with Gasteiger partial charge in [0.1, 0.15) is 0 Å². The Morgan fingerprint density at radius 2 is 1.40 bits per heavy atom. The highest BCUT2D eigenvalue weighted by molar-refractivity contribution is 7.77. The largest absolute Gasteiger partial charge is 0.294 e. The minimum absolute atomic E-state index is 0.652. The smallest absolute Gasteiger partial charge is 0.231 e. The fraction of sp³-hybridized carbons (Fsp3) is 1.00. The Hall–Kier alpha value is 0.0700. The molecule has 0 aliphatic heterocycles. The molecule has 0 saturated heterocycles. The molecule has 1 atom stereocenters. The molecule has 3 nitrogen and oxygen atoms in total. The minimum atomic E-state index is -1.83. The zero-order valence-corrected chi connectivity index (χ0v) is 10.7. The van der Waals surface area contributed by atoms with E-state index in [1.165, 1.54) is 44.9 Å². The van der Waals surface area contributed by atoms with Crippen LogP contribution in [0.5, 0.6) is 0 Å². The van der Waals surface area contributed by atoms with Crippen LogP contribution in [-0.4, -0.2) is 15.3 Å². The zero-order chi connectivity index (χ0) is 11.4. The molecule has 0 bridgehead atoms. The molecular formula is C11H25NO2S. The molecular weight excluding hydrogens is 210 g/mol. The number of hydrogen-bond acceptors (Lipinski definition) is 1. The molecule has 0 aliphatic carbocycles. The monoisotopic (exact) mass is 235 g/mol. The van der Waals surface area contributed by atoms with Crippen LogP contribution in [0, 0.1) is 0 Å². The Morgan fingerprint density at radius 1 is 0.933 bits per heavy atom. The number of hydrogen-bond donors (Lipinski definition) is 2. The van der Waals surface area contributed by atoms with Crippen LogP contribution >= 0.6 is 0 Å². The first-order valence-electron chi connectivity index (χ1n) is 6.11. The first-order chi connectivity index (χ1) is 7.27. The molecule has 15 heavy (non-hydrogen) atoms. The molecule has 4 heteroatoms. The van der Waals surface area contributed by atoms with Gasteiger partial charge >= 0.3 is 0 Å². The highest BCUT2D eigenvalue weighted by atomic mass is 32.2. The molecule has 0 rings (SSSR count). The van der Waals surface area contributed by atoms with Gasteiger partial charge in [-0.1, -0.05) is 58.3 Å². The van der Waals surface area contributed by atoms with Gasteiger partial charge in [-0.15, -0.1) is 0 Å². The Balaban J connectivity index is 2.89. The summed E-state index contributed by atoms with van der Waals surface area (Å²) in [5.41, 5.74) is 0. The average molecular weight is 235 g/mol. The van der Waals surface area contributed by atoms with E-state index in [0.29, 0.717) is 6.54 Å². The predicted molar refractivity (Wildman–Crippen MR) is 66.0 cm³/mol. The highest BCUT2D eigenvalue weighted by Gasteiger charge is 1.93.